The molecule has 0 bridgehead atoms. The Morgan fingerprint density at radius 3 is 2.54 bits per heavy atom. The van der Waals surface area contributed by atoms with Crippen molar-refractivity contribution in [1.82, 2.24) is 15.3 Å². The molecule has 1 saturated carbocycles. The fourth-order valence-electron chi connectivity index (χ4n) is 4.40. The number of rotatable bonds is 10. The number of anilines is 5. The van der Waals surface area contributed by atoms with E-state index in [-0.39, 0.29) is 18.0 Å². The van der Waals surface area contributed by atoms with Crippen LogP contribution in [0.2, 0.25) is 0 Å². The molecule has 8 N–H and O–H groups in total. The predicted molar refractivity (Wildman–Crippen MR) is 147 cm³/mol. The van der Waals surface area contributed by atoms with Crippen molar-refractivity contribution in [3.63, 3.8) is 0 Å². The van der Waals surface area contributed by atoms with E-state index in [0.29, 0.717) is 35.1 Å². The predicted octanol–water partition coefficient (Wildman–Crippen LogP) is 3.88. The Bertz CT molecular complexity index is 1230. The van der Waals surface area contributed by atoms with Gasteiger partial charge in [-0.15, -0.1) is 0 Å². The zero-order valence-corrected chi connectivity index (χ0v) is 21.0. The Balaban J connectivity index is 1.43. The van der Waals surface area contributed by atoms with Crippen LogP contribution in [0.15, 0.2) is 54.7 Å². The molecule has 1 aliphatic rings. The molecule has 2 aromatic carbocycles. The number of nitrogens with two attached hydrogens (primary N) is 2. The number of carbonyl (C=O) groups excluding carboxylic acids is 2. The van der Waals surface area contributed by atoms with E-state index in [1.54, 1.807) is 24.3 Å². The monoisotopic (exact) mass is 502 g/mol. The minimum Gasteiger partial charge on any atom is -0.397 e. The van der Waals surface area contributed by atoms with Gasteiger partial charge in [0.2, 0.25) is 11.9 Å². The lowest BCUT2D eigenvalue weighted by Crippen LogP contribution is -2.42. The van der Waals surface area contributed by atoms with Crippen molar-refractivity contribution in [2.45, 2.75) is 51.1 Å². The van der Waals surface area contributed by atoms with Crippen LogP contribution in [0.3, 0.4) is 0 Å². The largest absolute Gasteiger partial charge is 0.397 e. The van der Waals surface area contributed by atoms with Crippen molar-refractivity contribution in [2.75, 3.05) is 28.2 Å². The SMILES string of the molecule is CCCNc1nc(Nc2ccc(C(N)=O)cc2)ncc1C(=O)N[C@@H]1CCC[C@H](Nc2ccccc2N)C1. The highest BCUT2D eigenvalue weighted by atomic mass is 16.2. The van der Waals surface area contributed by atoms with E-state index in [4.69, 9.17) is 11.5 Å². The normalized spacial score (nSPS) is 17.0. The standard InChI is InChI=1S/C27H34N8O2/c1-2-14-30-25-21(16-31-27(35-25)34-18-12-10-17(11-13-18)24(29)36)26(37)33-20-7-5-6-19(15-20)32-23-9-4-3-8-22(23)28/h3-4,8-13,16,19-20,32H,2,5-7,14-15,28H2,1H3,(H2,29,36)(H,33,37)(H2,30,31,34,35)/t19-,20+/m0/s1. The van der Waals surface area contributed by atoms with Crippen molar-refractivity contribution in [1.29, 1.82) is 0 Å². The Hall–Kier alpha value is -4.34. The number of hydrogen-bond acceptors (Lipinski definition) is 8. The molecule has 3 aromatic rings. The smallest absolute Gasteiger partial charge is 0.256 e. The number of hydrogen-bond donors (Lipinski definition) is 6. The molecule has 10 nitrogen and oxygen atoms in total. The van der Waals surface area contributed by atoms with E-state index in [1.165, 1.54) is 6.20 Å². The van der Waals surface area contributed by atoms with E-state index in [1.807, 2.05) is 31.2 Å². The summed E-state index contributed by atoms with van der Waals surface area (Å²) in [6, 6.07) is 14.7. The highest BCUT2D eigenvalue weighted by Crippen LogP contribution is 2.26. The second-order valence-electron chi connectivity index (χ2n) is 9.21. The third-order valence-electron chi connectivity index (χ3n) is 6.33. The first-order valence-corrected chi connectivity index (χ1v) is 12.6. The number of carbonyl (C=O) groups is 2. The highest BCUT2D eigenvalue weighted by Gasteiger charge is 2.25. The molecule has 0 spiro atoms. The van der Waals surface area contributed by atoms with Crippen LogP contribution >= 0.6 is 0 Å². The number of benzene rings is 2. The van der Waals surface area contributed by atoms with Gasteiger partial charge in [0.05, 0.1) is 11.4 Å². The van der Waals surface area contributed by atoms with Crippen LogP contribution in [-0.2, 0) is 0 Å². The third kappa shape index (κ3) is 6.87. The molecule has 10 heteroatoms. The Morgan fingerprint density at radius 1 is 1.05 bits per heavy atom. The van der Waals surface area contributed by atoms with Crippen molar-refractivity contribution < 1.29 is 9.59 Å². The van der Waals surface area contributed by atoms with Crippen molar-refractivity contribution in [3.05, 3.63) is 65.9 Å². The lowest BCUT2D eigenvalue weighted by molar-refractivity contribution is 0.0925. The molecular weight excluding hydrogens is 468 g/mol. The molecule has 1 heterocycles. The van der Waals surface area contributed by atoms with Gasteiger partial charge in [-0.1, -0.05) is 19.1 Å². The van der Waals surface area contributed by atoms with Gasteiger partial charge in [-0.25, -0.2) is 4.98 Å². The minimum atomic E-state index is -0.492. The lowest BCUT2D eigenvalue weighted by Gasteiger charge is -2.31. The van der Waals surface area contributed by atoms with Gasteiger partial charge in [-0.05, 0) is 68.5 Å². The summed E-state index contributed by atoms with van der Waals surface area (Å²) in [5.74, 6) is 0.104. The van der Waals surface area contributed by atoms with Gasteiger partial charge in [0.1, 0.15) is 11.4 Å². The summed E-state index contributed by atoms with van der Waals surface area (Å²) in [5, 5.41) is 13.0. The number of nitrogens with zero attached hydrogens (tertiary/aromatic N) is 2. The number of nitrogens with one attached hydrogen (secondary N) is 4. The minimum absolute atomic E-state index is 0.0317. The van der Waals surface area contributed by atoms with E-state index in [2.05, 4.69) is 31.2 Å². The lowest BCUT2D eigenvalue weighted by atomic mass is 9.90. The van der Waals surface area contributed by atoms with Gasteiger partial charge in [-0.3, -0.25) is 9.59 Å². The Kier molecular flexibility index (Phi) is 8.40. The summed E-state index contributed by atoms with van der Waals surface area (Å²) in [5.41, 5.74) is 14.5. The summed E-state index contributed by atoms with van der Waals surface area (Å²) in [4.78, 5) is 33.4. The van der Waals surface area contributed by atoms with Crippen LogP contribution < -0.4 is 32.7 Å². The quantitative estimate of drug-likeness (QED) is 0.228. The average Bonchev–Trinajstić information content (AvgIpc) is 2.89. The Labute approximate surface area is 216 Å². The van der Waals surface area contributed by atoms with Crippen LogP contribution in [-0.4, -0.2) is 40.4 Å². The fourth-order valence-corrected chi connectivity index (χ4v) is 4.40. The first-order valence-electron chi connectivity index (χ1n) is 12.6. The van der Waals surface area contributed by atoms with E-state index >= 15 is 0 Å². The van der Waals surface area contributed by atoms with Gasteiger partial charge in [0, 0.05) is 36.1 Å². The topological polar surface area (TPSA) is 160 Å². The molecule has 1 aromatic heterocycles. The average molecular weight is 503 g/mol. The molecule has 0 saturated heterocycles. The molecule has 4 rings (SSSR count). The summed E-state index contributed by atoms with van der Waals surface area (Å²) in [6.45, 7) is 2.71. The van der Waals surface area contributed by atoms with Gasteiger partial charge < -0.3 is 32.7 Å². The first-order chi connectivity index (χ1) is 17.9. The van der Waals surface area contributed by atoms with Gasteiger partial charge >= 0.3 is 0 Å². The maximum atomic E-state index is 13.3. The number of primary amides is 1. The number of nitrogen functional groups attached to an aromatic ring is 1. The maximum Gasteiger partial charge on any atom is 0.256 e. The van der Waals surface area contributed by atoms with Crippen molar-refractivity contribution in [3.8, 4) is 0 Å². The molecule has 2 atom stereocenters. The van der Waals surface area contributed by atoms with Crippen LogP contribution in [0.5, 0.6) is 0 Å². The van der Waals surface area contributed by atoms with Gasteiger partial charge in [-0.2, -0.15) is 4.98 Å². The second kappa shape index (κ2) is 12.1. The van der Waals surface area contributed by atoms with Crippen molar-refractivity contribution in [2.24, 2.45) is 5.73 Å². The summed E-state index contributed by atoms with van der Waals surface area (Å²) < 4.78 is 0. The Morgan fingerprint density at radius 2 is 1.81 bits per heavy atom. The zero-order valence-electron chi connectivity index (χ0n) is 21.0. The third-order valence-corrected chi connectivity index (χ3v) is 6.33. The highest BCUT2D eigenvalue weighted by molar-refractivity contribution is 5.99. The van der Waals surface area contributed by atoms with Gasteiger partial charge in [0.25, 0.3) is 5.91 Å². The summed E-state index contributed by atoms with van der Waals surface area (Å²) in [7, 11) is 0. The van der Waals surface area contributed by atoms with Crippen LogP contribution in [0.4, 0.5) is 28.8 Å². The fraction of sp³-hybridized carbons (Fsp3) is 0.333. The van der Waals surface area contributed by atoms with Crippen LogP contribution in [0.1, 0.15) is 59.7 Å². The van der Waals surface area contributed by atoms with E-state index in [0.717, 1.165) is 43.5 Å². The zero-order chi connectivity index (χ0) is 26.2. The molecule has 0 aliphatic heterocycles. The number of aromatic nitrogens is 2. The number of amides is 2. The number of para-hydroxylation sites is 2. The second-order valence-corrected chi connectivity index (χ2v) is 9.21. The molecule has 194 valence electrons. The van der Waals surface area contributed by atoms with E-state index < -0.39 is 5.91 Å². The molecule has 1 aliphatic carbocycles. The summed E-state index contributed by atoms with van der Waals surface area (Å²) in [6.07, 6.45) is 6.15. The maximum absolute atomic E-state index is 13.3. The van der Waals surface area contributed by atoms with E-state index in [9.17, 15) is 9.59 Å². The van der Waals surface area contributed by atoms with Crippen LogP contribution in [0.25, 0.3) is 0 Å². The molecule has 37 heavy (non-hydrogen) atoms. The van der Waals surface area contributed by atoms with Crippen molar-refractivity contribution >= 4 is 40.6 Å². The van der Waals surface area contributed by atoms with Crippen LogP contribution in [0, 0.1) is 0 Å². The summed E-state index contributed by atoms with van der Waals surface area (Å²) >= 11 is 0. The molecule has 0 radical (unpaired) electrons. The molecule has 2 amide bonds. The first kappa shape index (κ1) is 25.7. The molecule has 0 unspecified atom stereocenters. The molecule has 1 fully saturated rings. The van der Waals surface area contributed by atoms with Gasteiger partial charge in [0.15, 0.2) is 0 Å². The molecular formula is C27H34N8O2.